The van der Waals surface area contributed by atoms with Gasteiger partial charge in [0.1, 0.15) is 11.5 Å². The van der Waals surface area contributed by atoms with Crippen LogP contribution in [0, 0.1) is 6.92 Å². The van der Waals surface area contributed by atoms with Crippen LogP contribution in [0.5, 0.6) is 11.5 Å². The quantitative estimate of drug-likeness (QED) is 0.394. The van der Waals surface area contributed by atoms with Crippen LogP contribution in [0.4, 0.5) is 5.69 Å². The number of nitrogens with zero attached hydrogens (tertiary/aromatic N) is 2. The molecule has 0 aliphatic carbocycles. The number of aliphatic imine (C=N–C) groups is 1. The number of ether oxygens (including phenoxy) is 2. The molecule has 0 saturated carbocycles. The highest BCUT2D eigenvalue weighted by atomic mass is 127. The molecule has 0 amide bonds. The van der Waals surface area contributed by atoms with E-state index in [-0.39, 0.29) is 24.0 Å². The molecule has 2 rings (SSSR count). The van der Waals surface area contributed by atoms with Gasteiger partial charge in [0, 0.05) is 17.3 Å². The molecule has 22 heavy (non-hydrogen) atoms. The lowest BCUT2D eigenvalue weighted by Crippen LogP contribution is -2.23. The predicted octanol–water partition coefficient (Wildman–Crippen LogP) is 2.28. The molecular formula is C14H20IN5O2. The largest absolute Gasteiger partial charge is 0.497 e. The maximum Gasteiger partial charge on any atom is 0.193 e. The fourth-order valence-electron chi connectivity index (χ4n) is 1.79. The van der Waals surface area contributed by atoms with E-state index in [1.165, 1.54) is 0 Å². The van der Waals surface area contributed by atoms with E-state index in [1.54, 1.807) is 32.5 Å². The van der Waals surface area contributed by atoms with E-state index in [4.69, 9.17) is 15.2 Å². The molecule has 0 aliphatic heterocycles. The van der Waals surface area contributed by atoms with Gasteiger partial charge < -0.3 is 20.5 Å². The molecule has 8 heteroatoms. The van der Waals surface area contributed by atoms with Crippen LogP contribution in [-0.4, -0.2) is 30.4 Å². The van der Waals surface area contributed by atoms with E-state index >= 15 is 0 Å². The number of methoxy groups -OCH3 is 2. The maximum atomic E-state index is 5.90. The van der Waals surface area contributed by atoms with Gasteiger partial charge in [0.25, 0.3) is 0 Å². The van der Waals surface area contributed by atoms with Crippen molar-refractivity contribution in [1.29, 1.82) is 0 Å². The standard InChI is InChI=1S/C14H19N5O2.HI/c1-9-10(8-17-19-9)7-16-14(15)18-12-6-11(20-2)4-5-13(12)21-3;/h4-6,8H,7H2,1-3H3,(H,17,19)(H3,15,16,18);1H. The molecule has 120 valence electrons. The Morgan fingerprint density at radius 2 is 2.14 bits per heavy atom. The topological polar surface area (TPSA) is 97.6 Å². The Kier molecular flexibility index (Phi) is 6.96. The minimum atomic E-state index is 0. The average molecular weight is 417 g/mol. The van der Waals surface area contributed by atoms with E-state index < -0.39 is 0 Å². The first-order valence-corrected chi connectivity index (χ1v) is 6.42. The first kappa shape index (κ1) is 18.1. The summed E-state index contributed by atoms with van der Waals surface area (Å²) in [7, 11) is 3.19. The SMILES string of the molecule is COc1ccc(OC)c(NC(N)=NCc2cn[nH]c2C)c1.I. The van der Waals surface area contributed by atoms with Crippen molar-refractivity contribution in [3.8, 4) is 11.5 Å². The molecule has 4 N–H and O–H groups in total. The van der Waals surface area contributed by atoms with Crippen molar-refractivity contribution in [1.82, 2.24) is 10.2 Å². The number of anilines is 1. The fraction of sp³-hybridized carbons (Fsp3) is 0.286. The van der Waals surface area contributed by atoms with Crippen molar-refractivity contribution in [3.05, 3.63) is 35.7 Å². The van der Waals surface area contributed by atoms with Crippen LogP contribution in [0.2, 0.25) is 0 Å². The lowest BCUT2D eigenvalue weighted by atomic mass is 10.2. The minimum absolute atomic E-state index is 0. The first-order chi connectivity index (χ1) is 10.1. The van der Waals surface area contributed by atoms with Gasteiger partial charge >= 0.3 is 0 Å². The van der Waals surface area contributed by atoms with Crippen LogP contribution in [0.25, 0.3) is 0 Å². The van der Waals surface area contributed by atoms with E-state index in [9.17, 15) is 0 Å². The monoisotopic (exact) mass is 417 g/mol. The Balaban J connectivity index is 0.00000242. The van der Waals surface area contributed by atoms with Crippen molar-refractivity contribution in [3.63, 3.8) is 0 Å². The fourth-order valence-corrected chi connectivity index (χ4v) is 1.79. The normalized spacial score (nSPS) is 10.8. The number of aryl methyl sites for hydroxylation is 1. The van der Waals surface area contributed by atoms with Gasteiger partial charge in [-0.2, -0.15) is 5.10 Å². The molecule has 1 aromatic carbocycles. The van der Waals surface area contributed by atoms with Crippen LogP contribution in [0.3, 0.4) is 0 Å². The Labute approximate surface area is 146 Å². The molecular weight excluding hydrogens is 397 g/mol. The van der Waals surface area contributed by atoms with Crippen molar-refractivity contribution in [2.24, 2.45) is 10.7 Å². The van der Waals surface area contributed by atoms with Gasteiger partial charge in [0.05, 0.1) is 32.6 Å². The van der Waals surface area contributed by atoms with Gasteiger partial charge in [-0.15, -0.1) is 24.0 Å². The number of guanidine groups is 1. The molecule has 7 nitrogen and oxygen atoms in total. The van der Waals surface area contributed by atoms with Crippen molar-refractivity contribution in [2.45, 2.75) is 13.5 Å². The number of H-pyrrole nitrogens is 1. The Bertz CT molecular complexity index is 642. The zero-order valence-corrected chi connectivity index (χ0v) is 15.0. The number of aromatic amines is 1. The van der Waals surface area contributed by atoms with Gasteiger partial charge in [-0.1, -0.05) is 0 Å². The van der Waals surface area contributed by atoms with Crippen LogP contribution in [0.15, 0.2) is 29.4 Å². The summed E-state index contributed by atoms with van der Waals surface area (Å²) in [5.41, 5.74) is 8.57. The number of benzene rings is 1. The van der Waals surface area contributed by atoms with Crippen LogP contribution in [0.1, 0.15) is 11.3 Å². The number of hydrogen-bond acceptors (Lipinski definition) is 4. The van der Waals surface area contributed by atoms with Gasteiger partial charge in [-0.05, 0) is 19.1 Å². The number of nitrogens with two attached hydrogens (primary N) is 1. The van der Waals surface area contributed by atoms with Crippen molar-refractivity contribution < 1.29 is 9.47 Å². The zero-order valence-electron chi connectivity index (χ0n) is 12.7. The lowest BCUT2D eigenvalue weighted by molar-refractivity contribution is 0.405. The summed E-state index contributed by atoms with van der Waals surface area (Å²) < 4.78 is 10.5. The molecule has 0 unspecified atom stereocenters. The number of rotatable bonds is 5. The third-order valence-corrected chi connectivity index (χ3v) is 3.02. The lowest BCUT2D eigenvalue weighted by Gasteiger charge is -2.12. The zero-order chi connectivity index (χ0) is 15.2. The highest BCUT2D eigenvalue weighted by Gasteiger charge is 2.06. The number of hydrogen-bond donors (Lipinski definition) is 3. The Morgan fingerprint density at radius 1 is 1.36 bits per heavy atom. The third kappa shape index (κ3) is 4.52. The second-order valence-electron chi connectivity index (χ2n) is 4.41. The summed E-state index contributed by atoms with van der Waals surface area (Å²) in [4.78, 5) is 4.28. The predicted molar refractivity (Wildman–Crippen MR) is 97.2 cm³/mol. The molecule has 2 aromatic rings. The van der Waals surface area contributed by atoms with Crippen molar-refractivity contribution in [2.75, 3.05) is 19.5 Å². The molecule has 0 radical (unpaired) electrons. The highest BCUT2D eigenvalue weighted by Crippen LogP contribution is 2.28. The molecule has 0 bridgehead atoms. The van der Waals surface area contributed by atoms with Crippen molar-refractivity contribution >= 4 is 35.6 Å². The summed E-state index contributed by atoms with van der Waals surface area (Å²) in [5.74, 6) is 1.66. The molecule has 0 saturated heterocycles. The number of aromatic nitrogens is 2. The number of halogens is 1. The third-order valence-electron chi connectivity index (χ3n) is 3.02. The van der Waals surface area contributed by atoms with Crippen LogP contribution < -0.4 is 20.5 Å². The molecule has 0 fully saturated rings. The van der Waals surface area contributed by atoms with Gasteiger partial charge in [-0.25, -0.2) is 4.99 Å². The summed E-state index contributed by atoms with van der Waals surface area (Å²) in [6.07, 6.45) is 1.73. The van der Waals surface area contributed by atoms with E-state index in [0.717, 1.165) is 11.3 Å². The average Bonchev–Trinajstić information content (AvgIpc) is 2.90. The minimum Gasteiger partial charge on any atom is -0.497 e. The Morgan fingerprint density at radius 3 is 2.73 bits per heavy atom. The molecule has 1 aromatic heterocycles. The second-order valence-corrected chi connectivity index (χ2v) is 4.41. The smallest absolute Gasteiger partial charge is 0.193 e. The molecule has 0 atom stereocenters. The van der Waals surface area contributed by atoms with E-state index in [0.29, 0.717) is 29.7 Å². The summed E-state index contributed by atoms with van der Waals surface area (Å²) >= 11 is 0. The summed E-state index contributed by atoms with van der Waals surface area (Å²) in [5, 5.41) is 9.81. The maximum absolute atomic E-state index is 5.90. The summed E-state index contributed by atoms with van der Waals surface area (Å²) in [6.45, 7) is 2.39. The van der Waals surface area contributed by atoms with E-state index in [2.05, 4.69) is 20.5 Å². The van der Waals surface area contributed by atoms with E-state index in [1.807, 2.05) is 13.0 Å². The number of nitrogens with one attached hydrogen (secondary N) is 2. The molecule has 0 aliphatic rings. The van der Waals surface area contributed by atoms with Gasteiger partial charge in [-0.3, -0.25) is 5.10 Å². The summed E-state index contributed by atoms with van der Waals surface area (Å²) in [6, 6.07) is 5.41. The second kappa shape index (κ2) is 8.47. The van der Waals surface area contributed by atoms with Crippen LogP contribution >= 0.6 is 24.0 Å². The van der Waals surface area contributed by atoms with Gasteiger partial charge in [0.15, 0.2) is 5.96 Å². The van der Waals surface area contributed by atoms with Gasteiger partial charge in [0.2, 0.25) is 0 Å². The molecule has 1 heterocycles. The Hall–Kier alpha value is -1.97. The molecule has 0 spiro atoms. The van der Waals surface area contributed by atoms with Crippen LogP contribution in [-0.2, 0) is 6.54 Å². The first-order valence-electron chi connectivity index (χ1n) is 6.42. The highest BCUT2D eigenvalue weighted by molar-refractivity contribution is 14.0.